The first-order valence-corrected chi connectivity index (χ1v) is 6.21. The van der Waals surface area contributed by atoms with Crippen molar-refractivity contribution in [1.29, 1.82) is 0 Å². The third-order valence-corrected chi connectivity index (χ3v) is 2.83. The maximum atomic E-state index is 4.12. The maximum Gasteiger partial charge on any atom is -0.0114 e. The molecule has 0 fully saturated rings. The molecule has 0 bridgehead atoms. The molecule has 0 amide bonds. The molecule has 0 nitrogen and oxygen atoms in total. The van der Waals surface area contributed by atoms with E-state index in [0.717, 1.165) is 25.2 Å². The van der Waals surface area contributed by atoms with E-state index in [-0.39, 0.29) is 0 Å². The largest absolute Gasteiger partial charge is 0.134 e. The SMILES string of the molecule is C=C(CC)CC(=C)CC(P)CC(C)C. The van der Waals surface area contributed by atoms with Crippen LogP contribution in [0.5, 0.6) is 0 Å². The molecule has 0 heterocycles. The molecule has 82 valence electrons. The summed E-state index contributed by atoms with van der Waals surface area (Å²) in [5.41, 5.74) is 3.32. The minimum Gasteiger partial charge on any atom is -0.134 e. The highest BCUT2D eigenvalue weighted by atomic mass is 31.0. The second-order valence-corrected chi connectivity index (χ2v) is 5.57. The molecule has 0 aromatic rings. The van der Waals surface area contributed by atoms with E-state index in [4.69, 9.17) is 0 Å². The van der Waals surface area contributed by atoms with Crippen molar-refractivity contribution in [1.82, 2.24) is 0 Å². The summed E-state index contributed by atoms with van der Waals surface area (Å²) in [6.45, 7) is 14.8. The summed E-state index contributed by atoms with van der Waals surface area (Å²) < 4.78 is 0. The van der Waals surface area contributed by atoms with Gasteiger partial charge in [0.15, 0.2) is 0 Å². The molecule has 0 rings (SSSR count). The molecule has 0 radical (unpaired) electrons. The first-order valence-electron chi connectivity index (χ1n) is 5.54. The van der Waals surface area contributed by atoms with Crippen LogP contribution in [0.4, 0.5) is 0 Å². The Morgan fingerprint density at radius 2 is 1.79 bits per heavy atom. The lowest BCUT2D eigenvalue weighted by molar-refractivity contribution is 0.563. The van der Waals surface area contributed by atoms with E-state index in [2.05, 4.69) is 43.2 Å². The van der Waals surface area contributed by atoms with E-state index in [1.165, 1.54) is 17.6 Å². The Labute approximate surface area is 92.1 Å². The number of hydrogen-bond acceptors (Lipinski definition) is 0. The van der Waals surface area contributed by atoms with Crippen LogP contribution in [0.15, 0.2) is 24.3 Å². The lowest BCUT2D eigenvalue weighted by Gasteiger charge is -2.15. The number of rotatable bonds is 7. The van der Waals surface area contributed by atoms with Gasteiger partial charge in [-0.15, -0.1) is 9.24 Å². The van der Waals surface area contributed by atoms with Gasteiger partial charge in [-0.05, 0) is 37.3 Å². The molecule has 0 aromatic heterocycles. The highest BCUT2D eigenvalue weighted by Gasteiger charge is 2.07. The third-order valence-electron chi connectivity index (χ3n) is 2.33. The van der Waals surface area contributed by atoms with E-state index < -0.39 is 0 Å². The number of hydrogen-bond donors (Lipinski definition) is 0. The van der Waals surface area contributed by atoms with Gasteiger partial charge < -0.3 is 0 Å². The zero-order chi connectivity index (χ0) is 11.1. The lowest BCUT2D eigenvalue weighted by Crippen LogP contribution is -2.04. The predicted molar refractivity (Wildman–Crippen MR) is 70.8 cm³/mol. The molecular weight excluding hydrogens is 187 g/mol. The van der Waals surface area contributed by atoms with Crippen LogP contribution in [-0.4, -0.2) is 5.66 Å². The van der Waals surface area contributed by atoms with Gasteiger partial charge in [0.25, 0.3) is 0 Å². The van der Waals surface area contributed by atoms with Crippen molar-refractivity contribution in [2.45, 2.75) is 52.1 Å². The Morgan fingerprint density at radius 1 is 1.21 bits per heavy atom. The van der Waals surface area contributed by atoms with E-state index in [0.29, 0.717) is 5.66 Å². The van der Waals surface area contributed by atoms with E-state index in [1.54, 1.807) is 0 Å². The molecule has 0 aromatic carbocycles. The van der Waals surface area contributed by atoms with Gasteiger partial charge in [0.2, 0.25) is 0 Å². The summed E-state index contributed by atoms with van der Waals surface area (Å²) in [7, 11) is 2.93. The molecule has 0 aliphatic rings. The minimum absolute atomic E-state index is 0.687. The minimum atomic E-state index is 0.687. The van der Waals surface area contributed by atoms with E-state index in [9.17, 15) is 0 Å². The Balaban J connectivity index is 3.76. The van der Waals surface area contributed by atoms with Crippen LogP contribution < -0.4 is 0 Å². The second kappa shape index (κ2) is 7.23. The van der Waals surface area contributed by atoms with Crippen LogP contribution in [0.25, 0.3) is 0 Å². The van der Waals surface area contributed by atoms with Crippen LogP contribution in [0, 0.1) is 5.92 Å². The van der Waals surface area contributed by atoms with Gasteiger partial charge >= 0.3 is 0 Å². The molecule has 0 aliphatic carbocycles. The molecule has 0 spiro atoms. The summed E-state index contributed by atoms with van der Waals surface area (Å²) in [6, 6.07) is 0. The van der Waals surface area contributed by atoms with E-state index in [1.807, 2.05) is 0 Å². The summed E-state index contributed by atoms with van der Waals surface area (Å²) >= 11 is 0. The van der Waals surface area contributed by atoms with Gasteiger partial charge in [0, 0.05) is 0 Å². The summed E-state index contributed by atoms with van der Waals surface area (Å²) in [5.74, 6) is 0.777. The Morgan fingerprint density at radius 3 is 2.21 bits per heavy atom. The normalized spacial score (nSPS) is 12.9. The summed E-state index contributed by atoms with van der Waals surface area (Å²) in [6.07, 6.45) is 4.48. The summed E-state index contributed by atoms with van der Waals surface area (Å²) in [5, 5.41) is 0. The summed E-state index contributed by atoms with van der Waals surface area (Å²) in [4.78, 5) is 0. The van der Waals surface area contributed by atoms with Crippen molar-refractivity contribution in [2.75, 3.05) is 0 Å². The predicted octanol–water partition coefficient (Wildman–Crippen LogP) is 4.58. The zero-order valence-corrected chi connectivity index (χ0v) is 11.1. The fourth-order valence-corrected chi connectivity index (χ4v) is 2.49. The van der Waals surface area contributed by atoms with Crippen molar-refractivity contribution in [2.24, 2.45) is 5.92 Å². The lowest BCUT2D eigenvalue weighted by atomic mass is 9.98. The van der Waals surface area contributed by atoms with E-state index >= 15 is 0 Å². The van der Waals surface area contributed by atoms with Crippen molar-refractivity contribution >= 4 is 9.24 Å². The first-order chi connectivity index (χ1) is 6.45. The quantitative estimate of drug-likeness (QED) is 0.428. The highest BCUT2D eigenvalue weighted by Crippen LogP contribution is 2.23. The monoisotopic (exact) mass is 212 g/mol. The third kappa shape index (κ3) is 7.33. The molecular formula is C13H25P. The fraction of sp³-hybridized carbons (Fsp3) is 0.692. The Hall–Kier alpha value is -0.0900. The fourth-order valence-electron chi connectivity index (χ4n) is 1.61. The highest BCUT2D eigenvalue weighted by molar-refractivity contribution is 7.17. The zero-order valence-electron chi connectivity index (χ0n) is 9.97. The van der Waals surface area contributed by atoms with Gasteiger partial charge in [-0.3, -0.25) is 0 Å². The van der Waals surface area contributed by atoms with Gasteiger partial charge in [0.1, 0.15) is 0 Å². The van der Waals surface area contributed by atoms with Crippen LogP contribution in [0.2, 0.25) is 0 Å². The molecule has 2 unspecified atom stereocenters. The topological polar surface area (TPSA) is 0 Å². The van der Waals surface area contributed by atoms with Crippen LogP contribution in [0.3, 0.4) is 0 Å². The molecule has 2 atom stereocenters. The number of allylic oxidation sites excluding steroid dienone is 2. The van der Waals surface area contributed by atoms with Crippen LogP contribution >= 0.6 is 9.24 Å². The van der Waals surface area contributed by atoms with Crippen molar-refractivity contribution in [3.63, 3.8) is 0 Å². The molecule has 0 N–H and O–H groups in total. The van der Waals surface area contributed by atoms with Crippen molar-refractivity contribution in [3.8, 4) is 0 Å². The van der Waals surface area contributed by atoms with Crippen molar-refractivity contribution < 1.29 is 0 Å². The Kier molecular flexibility index (Phi) is 7.19. The Bertz CT molecular complexity index is 191. The molecule has 0 saturated heterocycles. The standard InChI is InChI=1S/C13H25P/c1-6-11(4)8-12(5)9-13(14)7-10(2)3/h10,13H,4-9,14H2,1-3H3. The van der Waals surface area contributed by atoms with Gasteiger partial charge in [-0.25, -0.2) is 0 Å². The van der Waals surface area contributed by atoms with Gasteiger partial charge in [0.05, 0.1) is 0 Å². The molecule has 0 aliphatic heterocycles. The van der Waals surface area contributed by atoms with Gasteiger partial charge in [-0.1, -0.05) is 45.1 Å². The van der Waals surface area contributed by atoms with Crippen LogP contribution in [-0.2, 0) is 0 Å². The second-order valence-electron chi connectivity index (χ2n) is 4.62. The van der Waals surface area contributed by atoms with Crippen molar-refractivity contribution in [3.05, 3.63) is 24.3 Å². The first kappa shape index (κ1) is 13.9. The molecule has 1 heteroatoms. The van der Waals surface area contributed by atoms with Gasteiger partial charge in [-0.2, -0.15) is 0 Å². The van der Waals surface area contributed by atoms with Crippen LogP contribution in [0.1, 0.15) is 46.5 Å². The maximum absolute atomic E-state index is 4.12. The molecule has 0 saturated carbocycles. The average molecular weight is 212 g/mol. The average Bonchev–Trinajstić information content (AvgIpc) is 2.01. The molecule has 14 heavy (non-hydrogen) atoms. The smallest absolute Gasteiger partial charge is 0.0114 e.